The van der Waals surface area contributed by atoms with Crippen molar-refractivity contribution < 1.29 is 4.79 Å². The maximum absolute atomic E-state index is 12.5. The Hall–Kier alpha value is -1.51. The summed E-state index contributed by atoms with van der Waals surface area (Å²) >= 11 is 12.2. The molecule has 0 aromatic heterocycles. The van der Waals surface area contributed by atoms with Gasteiger partial charge in [0, 0.05) is 0 Å². The third-order valence-corrected chi connectivity index (χ3v) is 4.34. The van der Waals surface area contributed by atoms with Crippen molar-refractivity contribution >= 4 is 29.1 Å². The van der Waals surface area contributed by atoms with Gasteiger partial charge in [-0.3, -0.25) is 4.79 Å². The van der Waals surface area contributed by atoms with E-state index in [1.165, 1.54) is 5.56 Å². The SMILES string of the molecule is CCc1ccccc1C(CC)NC(=O)c1c(Cl)cccc1Cl. The molecule has 4 heteroatoms. The number of amides is 1. The van der Waals surface area contributed by atoms with E-state index in [9.17, 15) is 4.79 Å². The summed E-state index contributed by atoms with van der Waals surface area (Å²) in [6.45, 7) is 4.16. The van der Waals surface area contributed by atoms with Crippen LogP contribution in [0.15, 0.2) is 42.5 Å². The summed E-state index contributed by atoms with van der Waals surface area (Å²) in [5.41, 5.74) is 2.71. The van der Waals surface area contributed by atoms with Gasteiger partial charge in [-0.1, -0.05) is 67.4 Å². The molecular weight excluding hydrogens is 317 g/mol. The first kappa shape index (κ1) is 16.9. The Kier molecular flexibility index (Phi) is 5.87. The summed E-state index contributed by atoms with van der Waals surface area (Å²) in [5.74, 6) is -0.242. The molecule has 0 saturated heterocycles. The number of rotatable bonds is 5. The molecule has 0 heterocycles. The van der Waals surface area contributed by atoms with E-state index < -0.39 is 0 Å². The molecule has 2 aromatic carbocycles. The standard InChI is InChI=1S/C18H19Cl2NO/c1-3-12-8-5-6-9-13(12)16(4-2)21-18(22)17-14(19)10-7-11-15(17)20/h5-11,16H,3-4H2,1-2H3,(H,21,22). The molecule has 22 heavy (non-hydrogen) atoms. The van der Waals surface area contributed by atoms with Crippen LogP contribution in [0.2, 0.25) is 10.0 Å². The number of carbonyl (C=O) groups excluding carboxylic acids is 1. The molecule has 0 aliphatic rings. The molecule has 0 bridgehead atoms. The van der Waals surface area contributed by atoms with Crippen molar-refractivity contribution in [2.45, 2.75) is 32.7 Å². The van der Waals surface area contributed by atoms with Gasteiger partial charge in [-0.2, -0.15) is 0 Å². The predicted octanol–water partition coefficient (Wildman–Crippen LogP) is 5.44. The molecule has 1 unspecified atom stereocenters. The molecule has 0 saturated carbocycles. The fraction of sp³-hybridized carbons (Fsp3) is 0.278. The number of halogens is 2. The second-order valence-corrected chi connectivity index (χ2v) is 5.90. The highest BCUT2D eigenvalue weighted by atomic mass is 35.5. The summed E-state index contributed by atoms with van der Waals surface area (Å²) < 4.78 is 0. The molecule has 0 fully saturated rings. The minimum atomic E-state index is -0.242. The van der Waals surface area contributed by atoms with Gasteiger partial charge in [-0.15, -0.1) is 0 Å². The molecule has 0 spiro atoms. The van der Waals surface area contributed by atoms with Crippen LogP contribution in [0.4, 0.5) is 0 Å². The lowest BCUT2D eigenvalue weighted by Gasteiger charge is -2.21. The number of carbonyl (C=O) groups is 1. The molecule has 1 N–H and O–H groups in total. The summed E-state index contributed by atoms with van der Waals surface area (Å²) in [5, 5.41) is 3.78. The molecule has 2 rings (SSSR count). The first-order chi connectivity index (χ1) is 10.6. The van der Waals surface area contributed by atoms with Crippen molar-refractivity contribution in [1.82, 2.24) is 5.32 Å². The summed E-state index contributed by atoms with van der Waals surface area (Å²) in [7, 11) is 0. The Bertz CT molecular complexity index is 650. The van der Waals surface area contributed by atoms with Gasteiger partial charge < -0.3 is 5.32 Å². The largest absolute Gasteiger partial charge is 0.345 e. The Morgan fingerprint density at radius 3 is 2.27 bits per heavy atom. The smallest absolute Gasteiger partial charge is 0.254 e. The third-order valence-electron chi connectivity index (χ3n) is 3.71. The normalized spacial score (nSPS) is 12.0. The van der Waals surface area contributed by atoms with Crippen LogP contribution in [0.25, 0.3) is 0 Å². The van der Waals surface area contributed by atoms with Crippen LogP contribution in [0, 0.1) is 0 Å². The van der Waals surface area contributed by atoms with E-state index in [0.717, 1.165) is 18.4 Å². The van der Waals surface area contributed by atoms with Crippen molar-refractivity contribution in [2.75, 3.05) is 0 Å². The first-order valence-corrected chi connectivity index (χ1v) is 8.16. The van der Waals surface area contributed by atoms with Crippen LogP contribution < -0.4 is 5.32 Å². The third kappa shape index (κ3) is 3.63. The Morgan fingerprint density at radius 2 is 1.68 bits per heavy atom. The maximum atomic E-state index is 12.5. The lowest BCUT2D eigenvalue weighted by molar-refractivity contribution is 0.0935. The predicted molar refractivity (Wildman–Crippen MR) is 92.8 cm³/mol. The molecule has 116 valence electrons. The highest BCUT2D eigenvalue weighted by Gasteiger charge is 2.20. The topological polar surface area (TPSA) is 29.1 Å². The zero-order valence-corrected chi connectivity index (χ0v) is 14.2. The van der Waals surface area contributed by atoms with E-state index in [0.29, 0.717) is 15.6 Å². The number of aryl methyl sites for hydroxylation is 1. The van der Waals surface area contributed by atoms with Crippen molar-refractivity contribution in [1.29, 1.82) is 0 Å². The summed E-state index contributed by atoms with van der Waals surface area (Å²) in [4.78, 5) is 12.5. The van der Waals surface area contributed by atoms with Crippen molar-refractivity contribution in [3.63, 3.8) is 0 Å². The average Bonchev–Trinajstić information content (AvgIpc) is 2.52. The number of benzene rings is 2. The molecule has 0 aliphatic carbocycles. The Balaban J connectivity index is 2.29. The average molecular weight is 336 g/mol. The van der Waals surface area contributed by atoms with Crippen molar-refractivity contribution in [2.24, 2.45) is 0 Å². The van der Waals surface area contributed by atoms with Crippen LogP contribution in [0.1, 0.15) is 47.8 Å². The van der Waals surface area contributed by atoms with Gasteiger partial charge in [-0.05, 0) is 36.1 Å². The monoisotopic (exact) mass is 335 g/mol. The molecule has 1 atom stereocenters. The molecule has 0 aliphatic heterocycles. The van der Waals surface area contributed by atoms with E-state index in [2.05, 4.69) is 24.4 Å². The minimum Gasteiger partial charge on any atom is -0.345 e. The second-order valence-electron chi connectivity index (χ2n) is 5.08. The van der Waals surface area contributed by atoms with E-state index in [4.69, 9.17) is 23.2 Å². The molecule has 2 aromatic rings. The zero-order valence-electron chi connectivity index (χ0n) is 12.7. The summed E-state index contributed by atoms with van der Waals surface area (Å²) in [6.07, 6.45) is 1.72. The molecule has 0 radical (unpaired) electrons. The lowest BCUT2D eigenvalue weighted by atomic mass is 9.96. The van der Waals surface area contributed by atoms with Gasteiger partial charge in [0.25, 0.3) is 5.91 Å². The molecule has 1 amide bonds. The number of hydrogen-bond acceptors (Lipinski definition) is 1. The lowest BCUT2D eigenvalue weighted by Crippen LogP contribution is -2.29. The zero-order chi connectivity index (χ0) is 16.1. The van der Waals surface area contributed by atoms with Crippen molar-refractivity contribution in [3.05, 3.63) is 69.2 Å². The van der Waals surface area contributed by atoms with Gasteiger partial charge in [-0.25, -0.2) is 0 Å². The first-order valence-electron chi connectivity index (χ1n) is 7.41. The van der Waals surface area contributed by atoms with Crippen LogP contribution in [0.5, 0.6) is 0 Å². The van der Waals surface area contributed by atoms with Crippen LogP contribution >= 0.6 is 23.2 Å². The minimum absolute atomic E-state index is 0.0593. The van der Waals surface area contributed by atoms with Crippen LogP contribution in [-0.4, -0.2) is 5.91 Å². The highest BCUT2D eigenvalue weighted by molar-refractivity contribution is 6.39. The second kappa shape index (κ2) is 7.66. The Labute approximate surface area is 141 Å². The van der Waals surface area contributed by atoms with Crippen molar-refractivity contribution in [3.8, 4) is 0 Å². The van der Waals surface area contributed by atoms with Gasteiger partial charge in [0.05, 0.1) is 21.7 Å². The van der Waals surface area contributed by atoms with Gasteiger partial charge in [0.15, 0.2) is 0 Å². The number of hydrogen-bond donors (Lipinski definition) is 1. The highest BCUT2D eigenvalue weighted by Crippen LogP contribution is 2.27. The molecule has 2 nitrogen and oxygen atoms in total. The van der Waals surface area contributed by atoms with Crippen LogP contribution in [0.3, 0.4) is 0 Å². The molecular formula is C18H19Cl2NO. The maximum Gasteiger partial charge on any atom is 0.254 e. The van der Waals surface area contributed by atoms with E-state index in [-0.39, 0.29) is 11.9 Å². The van der Waals surface area contributed by atoms with E-state index >= 15 is 0 Å². The van der Waals surface area contributed by atoms with Gasteiger partial charge in [0.2, 0.25) is 0 Å². The van der Waals surface area contributed by atoms with E-state index in [1.54, 1.807) is 18.2 Å². The Morgan fingerprint density at radius 1 is 1.05 bits per heavy atom. The van der Waals surface area contributed by atoms with Gasteiger partial charge in [0.1, 0.15) is 0 Å². The fourth-order valence-corrected chi connectivity index (χ4v) is 3.11. The number of nitrogens with one attached hydrogen (secondary N) is 1. The fourth-order valence-electron chi connectivity index (χ4n) is 2.54. The quantitative estimate of drug-likeness (QED) is 0.774. The summed E-state index contributed by atoms with van der Waals surface area (Å²) in [6, 6.07) is 13.2. The van der Waals surface area contributed by atoms with Gasteiger partial charge >= 0.3 is 0 Å². The van der Waals surface area contributed by atoms with Crippen LogP contribution in [-0.2, 0) is 6.42 Å². The van der Waals surface area contributed by atoms with E-state index in [1.807, 2.05) is 19.1 Å².